The molecule has 1 unspecified atom stereocenters. The fourth-order valence-corrected chi connectivity index (χ4v) is 2.10. The monoisotopic (exact) mass is 219 g/mol. The first-order valence-electron chi connectivity index (χ1n) is 5.69. The summed E-state index contributed by atoms with van der Waals surface area (Å²) >= 11 is 0. The molecule has 0 saturated carbocycles. The first-order chi connectivity index (χ1) is 7.77. The van der Waals surface area contributed by atoms with E-state index < -0.39 is 0 Å². The first kappa shape index (κ1) is 11.1. The number of aryl methyl sites for hydroxylation is 1. The van der Waals surface area contributed by atoms with E-state index in [0.717, 1.165) is 19.4 Å². The highest BCUT2D eigenvalue weighted by Crippen LogP contribution is 2.28. The van der Waals surface area contributed by atoms with Gasteiger partial charge in [0.2, 0.25) is 5.91 Å². The Morgan fingerprint density at radius 3 is 3.25 bits per heavy atom. The Bertz CT molecular complexity index is 378. The largest absolute Gasteiger partial charge is 0.355 e. The van der Waals surface area contributed by atoms with Crippen molar-refractivity contribution in [2.24, 2.45) is 0 Å². The van der Waals surface area contributed by atoms with Crippen molar-refractivity contribution in [3.8, 4) is 0 Å². The molecule has 1 aliphatic rings. The van der Waals surface area contributed by atoms with Crippen molar-refractivity contribution in [1.29, 1.82) is 0 Å². The highest BCUT2D eigenvalue weighted by Gasteiger charge is 2.22. The summed E-state index contributed by atoms with van der Waals surface area (Å²) in [5.74, 6) is 0.0201. The van der Waals surface area contributed by atoms with Gasteiger partial charge in [-0.2, -0.15) is 0 Å². The molecule has 4 nitrogen and oxygen atoms in total. The molecule has 0 saturated heterocycles. The molecule has 1 aromatic rings. The van der Waals surface area contributed by atoms with Crippen LogP contribution in [0.5, 0.6) is 0 Å². The summed E-state index contributed by atoms with van der Waals surface area (Å²) < 4.78 is 0. The number of rotatable bonds is 4. The van der Waals surface area contributed by atoms with Gasteiger partial charge in [-0.05, 0) is 24.5 Å². The van der Waals surface area contributed by atoms with Gasteiger partial charge in [0.15, 0.2) is 0 Å². The second kappa shape index (κ2) is 5.07. The highest BCUT2D eigenvalue weighted by molar-refractivity contribution is 5.72. The van der Waals surface area contributed by atoms with E-state index in [1.165, 1.54) is 18.2 Å². The summed E-state index contributed by atoms with van der Waals surface area (Å²) in [5, 5.41) is 6.19. The molecule has 4 heteroatoms. The van der Waals surface area contributed by atoms with Crippen LogP contribution in [0.4, 0.5) is 0 Å². The number of amides is 1. The Balaban J connectivity index is 1.82. The lowest BCUT2D eigenvalue weighted by Gasteiger charge is -2.12. The summed E-state index contributed by atoms with van der Waals surface area (Å²) in [7, 11) is 0. The van der Waals surface area contributed by atoms with Gasteiger partial charge in [-0.25, -0.2) is 0 Å². The highest BCUT2D eigenvalue weighted by atomic mass is 16.1. The molecule has 2 rings (SSSR count). The lowest BCUT2D eigenvalue weighted by Crippen LogP contribution is -2.32. The normalized spacial score (nSPS) is 18.2. The fourth-order valence-electron chi connectivity index (χ4n) is 2.10. The van der Waals surface area contributed by atoms with Crippen LogP contribution in [0.25, 0.3) is 0 Å². The number of pyridine rings is 1. The summed E-state index contributed by atoms with van der Waals surface area (Å²) in [6.07, 6.45) is 4.04. The maximum Gasteiger partial charge on any atom is 0.216 e. The van der Waals surface area contributed by atoms with Crippen LogP contribution in [0.2, 0.25) is 0 Å². The van der Waals surface area contributed by atoms with Crippen molar-refractivity contribution in [3.63, 3.8) is 0 Å². The van der Waals surface area contributed by atoms with Gasteiger partial charge in [0, 0.05) is 26.2 Å². The van der Waals surface area contributed by atoms with E-state index in [-0.39, 0.29) is 5.91 Å². The summed E-state index contributed by atoms with van der Waals surface area (Å²) in [6.45, 7) is 3.00. The molecule has 0 radical (unpaired) electrons. The molecule has 1 amide bonds. The van der Waals surface area contributed by atoms with Crippen molar-refractivity contribution in [1.82, 2.24) is 15.6 Å². The second-order valence-electron chi connectivity index (χ2n) is 4.08. The summed E-state index contributed by atoms with van der Waals surface area (Å²) in [4.78, 5) is 15.1. The minimum absolute atomic E-state index is 0.0201. The molecule has 0 bridgehead atoms. The number of nitrogens with one attached hydrogen (secondary N) is 2. The maximum atomic E-state index is 10.7. The molecule has 0 aliphatic heterocycles. The molecule has 1 aliphatic carbocycles. The molecule has 0 aromatic carbocycles. The third-order valence-corrected chi connectivity index (χ3v) is 2.85. The van der Waals surface area contributed by atoms with Crippen molar-refractivity contribution < 1.29 is 4.79 Å². The molecule has 0 fully saturated rings. The van der Waals surface area contributed by atoms with Gasteiger partial charge < -0.3 is 10.6 Å². The molecule has 0 spiro atoms. The standard InChI is InChI=1S/C12H17N3O/c1-9(16)13-7-8-14-11-5-4-10-3-2-6-15-12(10)11/h2-3,6,11,14H,4-5,7-8H2,1H3,(H,13,16). The third kappa shape index (κ3) is 2.58. The number of fused-ring (bicyclic) bond motifs is 1. The number of aromatic nitrogens is 1. The van der Waals surface area contributed by atoms with Crippen LogP contribution in [-0.4, -0.2) is 24.0 Å². The molecule has 86 valence electrons. The van der Waals surface area contributed by atoms with E-state index in [1.54, 1.807) is 0 Å². The first-order valence-corrected chi connectivity index (χ1v) is 5.69. The van der Waals surface area contributed by atoms with Crippen molar-refractivity contribution in [3.05, 3.63) is 29.6 Å². The Hall–Kier alpha value is -1.42. The third-order valence-electron chi connectivity index (χ3n) is 2.85. The number of carbonyl (C=O) groups excluding carboxylic acids is 1. The van der Waals surface area contributed by atoms with Crippen molar-refractivity contribution in [2.45, 2.75) is 25.8 Å². The zero-order chi connectivity index (χ0) is 11.4. The lowest BCUT2D eigenvalue weighted by molar-refractivity contribution is -0.118. The van der Waals surface area contributed by atoms with E-state index >= 15 is 0 Å². The van der Waals surface area contributed by atoms with Crippen LogP contribution >= 0.6 is 0 Å². The van der Waals surface area contributed by atoms with Crippen LogP contribution in [0.1, 0.15) is 30.6 Å². The van der Waals surface area contributed by atoms with Gasteiger partial charge in [-0.1, -0.05) is 6.07 Å². The van der Waals surface area contributed by atoms with Gasteiger partial charge in [0.1, 0.15) is 0 Å². The van der Waals surface area contributed by atoms with Crippen LogP contribution in [0.15, 0.2) is 18.3 Å². The predicted molar refractivity (Wildman–Crippen MR) is 62.0 cm³/mol. The molecule has 2 N–H and O–H groups in total. The SMILES string of the molecule is CC(=O)NCCNC1CCc2cccnc21. The van der Waals surface area contributed by atoms with Gasteiger partial charge >= 0.3 is 0 Å². The van der Waals surface area contributed by atoms with Crippen LogP contribution < -0.4 is 10.6 Å². The smallest absolute Gasteiger partial charge is 0.216 e. The van der Waals surface area contributed by atoms with Crippen molar-refractivity contribution >= 4 is 5.91 Å². The van der Waals surface area contributed by atoms with Gasteiger partial charge in [0.25, 0.3) is 0 Å². The molecule has 1 aromatic heterocycles. The quantitative estimate of drug-likeness (QED) is 0.736. The van der Waals surface area contributed by atoms with E-state index in [4.69, 9.17) is 0 Å². The zero-order valence-corrected chi connectivity index (χ0v) is 9.49. The number of hydrogen-bond donors (Lipinski definition) is 2. The molecule has 16 heavy (non-hydrogen) atoms. The molecule has 1 heterocycles. The minimum atomic E-state index is 0.0201. The Morgan fingerprint density at radius 1 is 1.56 bits per heavy atom. The number of nitrogens with zero attached hydrogens (tertiary/aromatic N) is 1. The zero-order valence-electron chi connectivity index (χ0n) is 9.49. The molecule has 1 atom stereocenters. The molecular weight excluding hydrogens is 202 g/mol. The summed E-state index contributed by atoms with van der Waals surface area (Å²) in [6, 6.07) is 4.47. The summed E-state index contributed by atoms with van der Waals surface area (Å²) in [5.41, 5.74) is 2.52. The molecular formula is C12H17N3O. The Kier molecular flexibility index (Phi) is 3.51. The van der Waals surface area contributed by atoms with E-state index in [9.17, 15) is 4.79 Å². The average molecular weight is 219 g/mol. The second-order valence-corrected chi connectivity index (χ2v) is 4.08. The predicted octanol–water partition coefficient (Wildman–Crippen LogP) is 0.795. The van der Waals surface area contributed by atoms with E-state index in [0.29, 0.717) is 12.6 Å². The number of carbonyl (C=O) groups is 1. The van der Waals surface area contributed by atoms with Crippen molar-refractivity contribution in [2.75, 3.05) is 13.1 Å². The van der Waals surface area contributed by atoms with E-state index in [2.05, 4.69) is 21.7 Å². The maximum absolute atomic E-state index is 10.7. The number of hydrogen-bond acceptors (Lipinski definition) is 3. The topological polar surface area (TPSA) is 54.0 Å². The van der Waals surface area contributed by atoms with Crippen LogP contribution in [0.3, 0.4) is 0 Å². The van der Waals surface area contributed by atoms with Gasteiger partial charge in [-0.15, -0.1) is 0 Å². The van der Waals surface area contributed by atoms with Gasteiger partial charge in [-0.3, -0.25) is 9.78 Å². The lowest BCUT2D eigenvalue weighted by atomic mass is 10.2. The van der Waals surface area contributed by atoms with Gasteiger partial charge in [0.05, 0.1) is 11.7 Å². The average Bonchev–Trinajstić information content (AvgIpc) is 2.68. The minimum Gasteiger partial charge on any atom is -0.355 e. The fraction of sp³-hybridized carbons (Fsp3) is 0.500. The Labute approximate surface area is 95.5 Å². The van der Waals surface area contributed by atoms with Crippen LogP contribution in [0, 0.1) is 0 Å². The van der Waals surface area contributed by atoms with Crippen LogP contribution in [-0.2, 0) is 11.2 Å². The van der Waals surface area contributed by atoms with E-state index in [1.807, 2.05) is 12.3 Å². The Morgan fingerprint density at radius 2 is 2.44 bits per heavy atom.